The summed E-state index contributed by atoms with van der Waals surface area (Å²) in [6.45, 7) is 3.64. The van der Waals surface area contributed by atoms with Gasteiger partial charge in [0.2, 0.25) is 5.91 Å². The van der Waals surface area contributed by atoms with Crippen LogP contribution in [0.2, 0.25) is 0 Å². The van der Waals surface area contributed by atoms with Crippen LogP contribution in [0.4, 0.5) is 5.69 Å². The van der Waals surface area contributed by atoms with Gasteiger partial charge in [-0.1, -0.05) is 32.0 Å². The van der Waals surface area contributed by atoms with Gasteiger partial charge in [0.25, 0.3) is 11.6 Å². The topological polar surface area (TPSA) is 114 Å². The van der Waals surface area contributed by atoms with Crippen LogP contribution in [0.25, 0.3) is 0 Å². The second-order valence-corrected chi connectivity index (χ2v) is 7.16. The summed E-state index contributed by atoms with van der Waals surface area (Å²) in [5.41, 5.74) is 2.79. The largest absolute Gasteiger partial charge is 0.344 e. The Bertz CT molecular complexity index is 834. The predicted octanol–water partition coefficient (Wildman–Crippen LogP) is 2.49. The molecule has 0 saturated heterocycles. The summed E-state index contributed by atoms with van der Waals surface area (Å²) in [4.78, 5) is 35.7. The van der Waals surface area contributed by atoms with Crippen LogP contribution in [0.1, 0.15) is 24.3 Å². The highest BCUT2D eigenvalue weighted by atomic mass is 32.1. The van der Waals surface area contributed by atoms with E-state index in [-0.39, 0.29) is 23.9 Å². The molecular weight excluding hydrogens is 368 g/mol. The second kappa shape index (κ2) is 9.58. The van der Waals surface area contributed by atoms with E-state index in [1.165, 1.54) is 35.8 Å². The van der Waals surface area contributed by atoms with Crippen LogP contribution in [-0.4, -0.2) is 29.0 Å². The number of carbonyl (C=O) groups excluding carboxylic acids is 2. The van der Waals surface area contributed by atoms with Crippen molar-refractivity contribution in [3.8, 4) is 0 Å². The van der Waals surface area contributed by atoms with Crippen molar-refractivity contribution in [2.45, 2.75) is 26.3 Å². The second-order valence-electron chi connectivity index (χ2n) is 6.13. The Morgan fingerprint density at radius 3 is 2.70 bits per heavy atom. The molecule has 0 bridgehead atoms. The summed E-state index contributed by atoms with van der Waals surface area (Å²) in [5, 5.41) is 19.2. The third-order valence-electron chi connectivity index (χ3n) is 3.65. The predicted molar refractivity (Wildman–Crippen MR) is 104 cm³/mol. The lowest BCUT2D eigenvalue weighted by atomic mass is 10.0. The lowest BCUT2D eigenvalue weighted by molar-refractivity contribution is -0.384. The molecule has 0 aliphatic carbocycles. The van der Waals surface area contributed by atoms with E-state index in [1.54, 1.807) is 6.07 Å². The van der Waals surface area contributed by atoms with Crippen molar-refractivity contribution in [3.63, 3.8) is 0 Å². The average molecular weight is 388 g/mol. The van der Waals surface area contributed by atoms with E-state index in [1.807, 2.05) is 31.4 Å². The molecule has 2 aromatic rings. The van der Waals surface area contributed by atoms with Gasteiger partial charge in [0.1, 0.15) is 6.04 Å². The minimum absolute atomic E-state index is 0.0637. The molecule has 1 heterocycles. The Labute approximate surface area is 160 Å². The summed E-state index contributed by atoms with van der Waals surface area (Å²) in [7, 11) is 0. The van der Waals surface area contributed by atoms with Crippen molar-refractivity contribution in [2.24, 2.45) is 11.0 Å². The molecule has 27 heavy (non-hydrogen) atoms. The number of benzene rings is 1. The SMILES string of the molecule is CC(C)[C@H](NC(=O)Cc1cccs1)C(=O)N/N=C\c1cccc([N+](=O)[O-])c1. The molecule has 1 atom stereocenters. The quantitative estimate of drug-likeness (QED) is 0.411. The van der Waals surface area contributed by atoms with E-state index in [9.17, 15) is 19.7 Å². The first-order valence-corrected chi connectivity index (χ1v) is 9.14. The summed E-state index contributed by atoms with van der Waals surface area (Å²) in [6.07, 6.45) is 1.53. The van der Waals surface area contributed by atoms with Gasteiger partial charge in [-0.25, -0.2) is 5.43 Å². The van der Waals surface area contributed by atoms with Crippen LogP contribution in [0.5, 0.6) is 0 Å². The number of carbonyl (C=O) groups is 2. The minimum Gasteiger partial charge on any atom is -0.344 e. The van der Waals surface area contributed by atoms with Gasteiger partial charge >= 0.3 is 0 Å². The van der Waals surface area contributed by atoms with Gasteiger partial charge in [-0.2, -0.15) is 5.10 Å². The maximum atomic E-state index is 12.3. The molecule has 0 spiro atoms. The highest BCUT2D eigenvalue weighted by Gasteiger charge is 2.24. The van der Waals surface area contributed by atoms with Gasteiger partial charge in [-0.15, -0.1) is 11.3 Å². The fourth-order valence-electron chi connectivity index (χ4n) is 2.29. The number of amides is 2. The van der Waals surface area contributed by atoms with Gasteiger partial charge in [0, 0.05) is 22.6 Å². The lowest BCUT2D eigenvalue weighted by Crippen LogP contribution is -2.49. The summed E-state index contributed by atoms with van der Waals surface area (Å²) >= 11 is 1.48. The molecule has 2 N–H and O–H groups in total. The molecule has 1 aromatic heterocycles. The fraction of sp³-hybridized carbons (Fsp3) is 0.278. The molecule has 2 amide bonds. The zero-order chi connectivity index (χ0) is 19.8. The maximum Gasteiger partial charge on any atom is 0.270 e. The summed E-state index contributed by atoms with van der Waals surface area (Å²) in [6, 6.07) is 8.86. The summed E-state index contributed by atoms with van der Waals surface area (Å²) in [5.74, 6) is -0.828. The van der Waals surface area contributed by atoms with Crippen molar-refractivity contribution >= 4 is 35.1 Å². The Morgan fingerprint density at radius 2 is 2.07 bits per heavy atom. The monoisotopic (exact) mass is 388 g/mol. The molecule has 1 aromatic carbocycles. The van der Waals surface area contributed by atoms with E-state index in [0.29, 0.717) is 5.56 Å². The molecule has 0 fully saturated rings. The molecule has 0 aliphatic heterocycles. The number of hydrazone groups is 1. The number of hydrogen-bond donors (Lipinski definition) is 2. The minimum atomic E-state index is -0.736. The van der Waals surface area contributed by atoms with E-state index < -0.39 is 16.9 Å². The molecule has 9 heteroatoms. The zero-order valence-electron chi connectivity index (χ0n) is 14.9. The highest BCUT2D eigenvalue weighted by molar-refractivity contribution is 7.10. The van der Waals surface area contributed by atoms with Gasteiger partial charge in [0.05, 0.1) is 17.6 Å². The number of thiophene rings is 1. The first-order valence-electron chi connectivity index (χ1n) is 8.26. The van der Waals surface area contributed by atoms with Crippen molar-refractivity contribution < 1.29 is 14.5 Å². The molecule has 142 valence electrons. The molecule has 0 radical (unpaired) electrons. The van der Waals surface area contributed by atoms with Crippen LogP contribution in [0.3, 0.4) is 0 Å². The maximum absolute atomic E-state index is 12.3. The number of nitro benzene ring substituents is 1. The third-order valence-corrected chi connectivity index (χ3v) is 4.53. The van der Waals surface area contributed by atoms with E-state index in [2.05, 4.69) is 15.8 Å². The van der Waals surface area contributed by atoms with Crippen LogP contribution >= 0.6 is 11.3 Å². The highest BCUT2D eigenvalue weighted by Crippen LogP contribution is 2.12. The van der Waals surface area contributed by atoms with E-state index in [0.717, 1.165) is 4.88 Å². The molecule has 8 nitrogen and oxygen atoms in total. The van der Waals surface area contributed by atoms with Crippen LogP contribution in [0, 0.1) is 16.0 Å². The molecule has 0 saturated carbocycles. The van der Waals surface area contributed by atoms with E-state index in [4.69, 9.17) is 0 Å². The van der Waals surface area contributed by atoms with Crippen LogP contribution in [-0.2, 0) is 16.0 Å². The fourth-order valence-corrected chi connectivity index (χ4v) is 2.99. The number of hydrogen-bond acceptors (Lipinski definition) is 6. The summed E-state index contributed by atoms with van der Waals surface area (Å²) < 4.78 is 0. The molecule has 0 unspecified atom stereocenters. The van der Waals surface area contributed by atoms with E-state index >= 15 is 0 Å². The number of rotatable bonds is 8. The van der Waals surface area contributed by atoms with Crippen LogP contribution < -0.4 is 10.7 Å². The first-order chi connectivity index (χ1) is 12.9. The first kappa shape index (κ1) is 20.2. The van der Waals surface area contributed by atoms with Crippen molar-refractivity contribution in [2.75, 3.05) is 0 Å². The van der Waals surface area contributed by atoms with Gasteiger partial charge in [-0.3, -0.25) is 19.7 Å². The Morgan fingerprint density at radius 1 is 1.30 bits per heavy atom. The van der Waals surface area contributed by atoms with Crippen molar-refractivity contribution in [1.82, 2.24) is 10.7 Å². The Kier molecular flexibility index (Phi) is 7.18. The van der Waals surface area contributed by atoms with Crippen molar-refractivity contribution in [1.29, 1.82) is 0 Å². The van der Waals surface area contributed by atoms with Gasteiger partial charge in [-0.05, 0) is 17.4 Å². The smallest absolute Gasteiger partial charge is 0.270 e. The standard InChI is InChI=1S/C18H20N4O4S/c1-12(2)17(20-16(23)10-15-7-4-8-27-15)18(24)21-19-11-13-5-3-6-14(9-13)22(25)26/h3-9,11-12,17H,10H2,1-2H3,(H,20,23)(H,21,24)/b19-11-/t17-/m0/s1. The molecule has 2 rings (SSSR count). The lowest BCUT2D eigenvalue weighted by Gasteiger charge is -2.20. The van der Waals surface area contributed by atoms with Gasteiger partial charge in [0.15, 0.2) is 0 Å². The number of nitrogens with zero attached hydrogens (tertiary/aromatic N) is 2. The normalized spacial score (nSPS) is 12.1. The number of nitro groups is 1. The Balaban J connectivity index is 1.95. The molecular formula is C18H20N4O4S. The number of non-ortho nitro benzene ring substituents is 1. The number of nitrogens with one attached hydrogen (secondary N) is 2. The average Bonchev–Trinajstić information content (AvgIpc) is 3.12. The Hall–Kier alpha value is -3.07. The third kappa shape index (κ3) is 6.30. The van der Waals surface area contributed by atoms with Crippen molar-refractivity contribution in [3.05, 3.63) is 62.3 Å². The molecule has 0 aliphatic rings. The zero-order valence-corrected chi connectivity index (χ0v) is 15.7. The van der Waals surface area contributed by atoms with Crippen LogP contribution in [0.15, 0.2) is 46.9 Å². The van der Waals surface area contributed by atoms with Gasteiger partial charge < -0.3 is 5.32 Å².